The van der Waals surface area contributed by atoms with Crippen LogP contribution in [0.25, 0.3) is 0 Å². The standard InChI is InChI=1S/C15H16ClNO2S.C9H10ClNO2.C7H10S/c1-19-15(18)14(12-6-2-3-7-13(12)16)17-9-8-11-5-4-10-20-11;1-13-9(12)8(11)6-4-2-3-5-7(6)10;1-2-4-7-5-3-6-8-7/h2-7,10,14,17H,8-9H2,1H3;2-5,8H,11H2,1H3;3,5-6H,2,4H2,1H3. The summed E-state index contributed by atoms with van der Waals surface area (Å²) in [5.74, 6) is -0.822. The quantitative estimate of drug-likeness (QED) is 0.174. The van der Waals surface area contributed by atoms with Gasteiger partial charge < -0.3 is 20.5 Å². The Morgan fingerprint density at radius 1 is 0.780 bits per heavy atom. The number of ether oxygens (including phenoxy) is 2. The molecule has 4 aromatic rings. The first-order chi connectivity index (χ1) is 19.8. The number of hydrogen-bond donors (Lipinski definition) is 2. The molecule has 2 unspecified atom stereocenters. The van der Waals surface area contributed by atoms with Gasteiger partial charge in [0.05, 0.1) is 14.2 Å². The van der Waals surface area contributed by atoms with Crippen LogP contribution in [0.1, 0.15) is 46.3 Å². The van der Waals surface area contributed by atoms with Crippen LogP contribution in [0.3, 0.4) is 0 Å². The van der Waals surface area contributed by atoms with E-state index in [0.29, 0.717) is 22.2 Å². The SMILES string of the molecule is CCCc1cccs1.COC(=O)C(N)c1ccccc1Cl.COC(=O)C(NCCc1cccs1)c1ccccc1Cl. The van der Waals surface area contributed by atoms with E-state index in [1.54, 1.807) is 41.7 Å². The second-order valence-corrected chi connectivity index (χ2v) is 11.5. The smallest absolute Gasteiger partial charge is 0.327 e. The molecule has 6 nitrogen and oxygen atoms in total. The number of nitrogens with one attached hydrogen (secondary N) is 1. The predicted molar refractivity (Wildman–Crippen MR) is 171 cm³/mol. The van der Waals surface area contributed by atoms with Crippen molar-refractivity contribution in [1.82, 2.24) is 5.32 Å². The Kier molecular flexibility index (Phi) is 16.3. The largest absolute Gasteiger partial charge is 0.468 e. The highest BCUT2D eigenvalue weighted by atomic mass is 35.5. The molecule has 0 aliphatic heterocycles. The van der Waals surface area contributed by atoms with Crippen molar-refractivity contribution in [2.45, 2.75) is 38.3 Å². The van der Waals surface area contributed by atoms with Crippen LogP contribution in [-0.4, -0.2) is 32.7 Å². The third kappa shape index (κ3) is 12.0. The molecule has 0 spiro atoms. The van der Waals surface area contributed by atoms with Crippen molar-refractivity contribution in [2.24, 2.45) is 5.73 Å². The van der Waals surface area contributed by atoms with Gasteiger partial charge in [0.2, 0.25) is 0 Å². The molecule has 0 bridgehead atoms. The van der Waals surface area contributed by atoms with E-state index in [9.17, 15) is 9.59 Å². The normalized spacial score (nSPS) is 11.7. The van der Waals surface area contributed by atoms with Crippen LogP contribution in [0.4, 0.5) is 0 Å². The summed E-state index contributed by atoms with van der Waals surface area (Å²) in [7, 11) is 2.67. The summed E-state index contributed by atoms with van der Waals surface area (Å²) >= 11 is 15.5. The van der Waals surface area contributed by atoms with Gasteiger partial charge in [0, 0.05) is 26.3 Å². The minimum atomic E-state index is -0.807. The lowest BCUT2D eigenvalue weighted by atomic mass is 10.1. The van der Waals surface area contributed by atoms with Gasteiger partial charge in [0.15, 0.2) is 0 Å². The fraction of sp³-hybridized carbons (Fsp3) is 0.290. The van der Waals surface area contributed by atoms with Gasteiger partial charge in [-0.15, -0.1) is 22.7 Å². The van der Waals surface area contributed by atoms with Gasteiger partial charge in [-0.1, -0.05) is 85.1 Å². The zero-order valence-electron chi connectivity index (χ0n) is 23.3. The van der Waals surface area contributed by atoms with Gasteiger partial charge in [-0.3, -0.25) is 4.79 Å². The zero-order valence-corrected chi connectivity index (χ0v) is 26.5. The average molecular weight is 636 g/mol. The van der Waals surface area contributed by atoms with Gasteiger partial charge in [0.1, 0.15) is 12.1 Å². The molecule has 0 radical (unpaired) electrons. The second kappa shape index (κ2) is 19.4. The van der Waals surface area contributed by atoms with Crippen molar-refractivity contribution in [3.8, 4) is 0 Å². The monoisotopic (exact) mass is 634 g/mol. The van der Waals surface area contributed by atoms with E-state index < -0.39 is 18.1 Å². The van der Waals surface area contributed by atoms with Crippen molar-refractivity contribution in [3.05, 3.63) is 114 Å². The lowest BCUT2D eigenvalue weighted by Crippen LogP contribution is -2.31. The molecule has 2 aromatic heterocycles. The van der Waals surface area contributed by atoms with Crippen molar-refractivity contribution in [1.29, 1.82) is 0 Å². The van der Waals surface area contributed by atoms with E-state index in [-0.39, 0.29) is 5.97 Å². The van der Waals surface area contributed by atoms with Gasteiger partial charge in [0.25, 0.3) is 0 Å². The van der Waals surface area contributed by atoms with E-state index >= 15 is 0 Å². The molecule has 220 valence electrons. The number of methoxy groups -OCH3 is 2. The highest BCUT2D eigenvalue weighted by Gasteiger charge is 2.22. The molecule has 3 N–H and O–H groups in total. The molecular weight excluding hydrogens is 599 g/mol. The lowest BCUT2D eigenvalue weighted by Gasteiger charge is -2.17. The molecule has 0 aliphatic rings. The van der Waals surface area contributed by atoms with E-state index in [1.807, 2.05) is 41.0 Å². The lowest BCUT2D eigenvalue weighted by molar-refractivity contribution is -0.143. The Morgan fingerprint density at radius 3 is 1.76 bits per heavy atom. The summed E-state index contributed by atoms with van der Waals surface area (Å²) in [5, 5.41) is 8.42. The van der Waals surface area contributed by atoms with E-state index in [0.717, 1.165) is 12.0 Å². The van der Waals surface area contributed by atoms with E-state index in [2.05, 4.69) is 40.6 Å². The third-order valence-electron chi connectivity index (χ3n) is 5.72. The minimum Gasteiger partial charge on any atom is -0.468 e. The number of esters is 2. The molecule has 0 fully saturated rings. The number of halogens is 2. The maximum Gasteiger partial charge on any atom is 0.327 e. The van der Waals surface area contributed by atoms with Crippen molar-refractivity contribution in [3.63, 3.8) is 0 Å². The van der Waals surface area contributed by atoms with Gasteiger partial charge in [-0.2, -0.15) is 0 Å². The highest BCUT2D eigenvalue weighted by molar-refractivity contribution is 7.10. The van der Waals surface area contributed by atoms with Crippen LogP contribution in [0, 0.1) is 0 Å². The number of hydrogen-bond acceptors (Lipinski definition) is 8. The fourth-order valence-electron chi connectivity index (χ4n) is 3.62. The van der Waals surface area contributed by atoms with E-state index in [4.69, 9.17) is 33.7 Å². The molecule has 2 aromatic carbocycles. The number of thiophene rings is 2. The Morgan fingerprint density at radius 2 is 1.29 bits per heavy atom. The summed E-state index contributed by atoms with van der Waals surface area (Å²) in [6.07, 6.45) is 3.38. The summed E-state index contributed by atoms with van der Waals surface area (Å²) in [4.78, 5) is 25.8. The van der Waals surface area contributed by atoms with Crippen LogP contribution in [0.5, 0.6) is 0 Å². The summed E-state index contributed by atoms with van der Waals surface area (Å²) in [5.41, 5.74) is 6.91. The topological polar surface area (TPSA) is 90.7 Å². The third-order valence-corrected chi connectivity index (χ3v) is 8.29. The number of carbonyl (C=O) groups excluding carboxylic acids is 2. The molecule has 0 saturated heterocycles. The van der Waals surface area contributed by atoms with E-state index in [1.165, 1.54) is 36.8 Å². The van der Waals surface area contributed by atoms with Gasteiger partial charge in [-0.25, -0.2) is 4.79 Å². The molecule has 0 saturated carbocycles. The first-order valence-electron chi connectivity index (χ1n) is 13.0. The molecule has 41 heavy (non-hydrogen) atoms. The predicted octanol–water partition coefficient (Wildman–Crippen LogP) is 7.66. The molecule has 2 atom stereocenters. The molecule has 2 heterocycles. The van der Waals surface area contributed by atoms with Crippen LogP contribution in [0.2, 0.25) is 10.0 Å². The summed E-state index contributed by atoms with van der Waals surface area (Å²) in [6, 6.07) is 21.3. The Hall–Kier alpha value is -2.72. The first kappa shape index (κ1) is 34.5. The summed E-state index contributed by atoms with van der Waals surface area (Å²) < 4.78 is 9.35. The molecule has 0 amide bonds. The number of benzene rings is 2. The summed E-state index contributed by atoms with van der Waals surface area (Å²) in [6.45, 7) is 2.89. The van der Waals surface area contributed by atoms with Crippen LogP contribution < -0.4 is 11.1 Å². The Balaban J connectivity index is 0.000000239. The minimum absolute atomic E-state index is 0.329. The average Bonchev–Trinajstić information content (AvgIpc) is 3.71. The maximum absolute atomic E-state index is 11.9. The van der Waals surface area contributed by atoms with Crippen LogP contribution in [-0.2, 0) is 31.9 Å². The number of nitrogens with two attached hydrogens (primary N) is 1. The molecule has 10 heteroatoms. The number of carbonyl (C=O) groups is 2. The van der Waals surface area contributed by atoms with Crippen molar-refractivity contribution in [2.75, 3.05) is 20.8 Å². The van der Waals surface area contributed by atoms with Crippen molar-refractivity contribution < 1.29 is 19.1 Å². The second-order valence-electron chi connectivity index (χ2n) is 8.61. The molecular formula is C31H36Cl2N2O4S2. The van der Waals surface area contributed by atoms with Crippen LogP contribution in [0.15, 0.2) is 83.6 Å². The van der Waals surface area contributed by atoms with Gasteiger partial charge >= 0.3 is 11.9 Å². The number of rotatable bonds is 10. The van der Waals surface area contributed by atoms with Crippen molar-refractivity contribution >= 4 is 57.8 Å². The fourth-order valence-corrected chi connectivity index (χ4v) is 5.64. The van der Waals surface area contributed by atoms with Crippen LogP contribution >= 0.6 is 45.9 Å². The zero-order chi connectivity index (χ0) is 30.0. The van der Waals surface area contributed by atoms with Gasteiger partial charge in [-0.05, 0) is 59.0 Å². The molecule has 0 aliphatic carbocycles. The molecule has 4 rings (SSSR count). The maximum atomic E-state index is 11.9. The highest BCUT2D eigenvalue weighted by Crippen LogP contribution is 2.24. The number of aryl methyl sites for hydroxylation is 1. The first-order valence-corrected chi connectivity index (χ1v) is 15.5. The Labute approximate surface area is 260 Å². The Bertz CT molecular complexity index is 1300.